The Bertz CT molecular complexity index is 645. The molecule has 2 rings (SSSR count). The zero-order valence-corrected chi connectivity index (χ0v) is 15.5. The summed E-state index contributed by atoms with van der Waals surface area (Å²) in [5.74, 6) is -0.0538. The zero-order chi connectivity index (χ0) is 17.7. The lowest BCUT2D eigenvalue weighted by atomic mass is 10.1. The molecule has 1 aromatic carbocycles. The van der Waals surface area contributed by atoms with Gasteiger partial charge in [0.25, 0.3) is 11.6 Å². The lowest BCUT2D eigenvalue weighted by molar-refractivity contribution is -0.384. The van der Waals surface area contributed by atoms with Gasteiger partial charge in [0.15, 0.2) is 0 Å². The third-order valence-electron chi connectivity index (χ3n) is 3.75. The molecule has 130 valence electrons. The van der Waals surface area contributed by atoms with Crippen molar-refractivity contribution in [2.45, 2.75) is 26.2 Å². The first-order chi connectivity index (χ1) is 11.4. The summed E-state index contributed by atoms with van der Waals surface area (Å²) in [4.78, 5) is 36.3. The van der Waals surface area contributed by atoms with Gasteiger partial charge in [0.2, 0.25) is 0 Å². The zero-order valence-electron chi connectivity index (χ0n) is 13.4. The first-order valence-corrected chi connectivity index (χ1v) is 8.89. The number of halogens is 1. The fourth-order valence-electron chi connectivity index (χ4n) is 2.31. The largest absolute Gasteiger partial charge is 0.466 e. The van der Waals surface area contributed by atoms with E-state index < -0.39 is 4.92 Å². The van der Waals surface area contributed by atoms with Crippen LogP contribution in [0.1, 0.15) is 36.5 Å². The molecule has 1 fully saturated rings. The highest BCUT2D eigenvalue weighted by atomic mass is 127. The van der Waals surface area contributed by atoms with E-state index in [9.17, 15) is 19.7 Å². The molecular formula is C16H19IN2O5. The molecule has 0 bridgehead atoms. The van der Waals surface area contributed by atoms with Crippen LogP contribution in [-0.4, -0.2) is 41.4 Å². The predicted octanol–water partition coefficient (Wildman–Crippen LogP) is 3.00. The van der Waals surface area contributed by atoms with Crippen molar-refractivity contribution in [2.24, 2.45) is 5.92 Å². The van der Waals surface area contributed by atoms with Gasteiger partial charge in [-0.05, 0) is 54.3 Å². The average molecular weight is 446 g/mol. The Hall–Kier alpha value is -1.71. The molecule has 1 saturated carbocycles. The van der Waals surface area contributed by atoms with E-state index in [1.54, 1.807) is 11.8 Å². The second-order valence-electron chi connectivity index (χ2n) is 5.67. The molecule has 1 aromatic rings. The number of nitro groups is 1. The number of hydrogen-bond acceptors (Lipinski definition) is 5. The maximum absolute atomic E-state index is 12.8. The van der Waals surface area contributed by atoms with E-state index >= 15 is 0 Å². The molecular weight excluding hydrogens is 427 g/mol. The van der Waals surface area contributed by atoms with Crippen LogP contribution in [0.5, 0.6) is 0 Å². The van der Waals surface area contributed by atoms with Gasteiger partial charge in [-0.3, -0.25) is 19.7 Å². The van der Waals surface area contributed by atoms with Crippen LogP contribution in [0.15, 0.2) is 18.2 Å². The number of nitrogens with zero attached hydrogens (tertiary/aromatic N) is 2. The van der Waals surface area contributed by atoms with Crippen LogP contribution in [0.3, 0.4) is 0 Å². The first kappa shape index (κ1) is 18.6. The Morgan fingerprint density at radius 3 is 2.67 bits per heavy atom. The molecule has 0 N–H and O–H groups in total. The van der Waals surface area contributed by atoms with E-state index in [1.165, 1.54) is 18.2 Å². The highest BCUT2D eigenvalue weighted by Gasteiger charge is 2.28. The predicted molar refractivity (Wildman–Crippen MR) is 95.7 cm³/mol. The summed E-state index contributed by atoms with van der Waals surface area (Å²) in [7, 11) is 0. The third-order valence-corrected chi connectivity index (χ3v) is 4.64. The number of amides is 1. The summed E-state index contributed by atoms with van der Waals surface area (Å²) in [5, 5.41) is 10.8. The molecule has 0 saturated heterocycles. The Kier molecular flexibility index (Phi) is 6.52. The molecule has 1 amide bonds. The lowest BCUT2D eigenvalue weighted by Gasteiger charge is -2.23. The molecule has 0 aromatic heterocycles. The van der Waals surface area contributed by atoms with Crippen molar-refractivity contribution in [3.05, 3.63) is 37.4 Å². The second kappa shape index (κ2) is 8.41. The molecule has 1 aliphatic rings. The van der Waals surface area contributed by atoms with Gasteiger partial charge in [0.05, 0.1) is 23.5 Å². The van der Waals surface area contributed by atoms with Crippen molar-refractivity contribution in [2.75, 3.05) is 19.7 Å². The highest BCUT2D eigenvalue weighted by Crippen LogP contribution is 2.31. The monoisotopic (exact) mass is 446 g/mol. The average Bonchev–Trinajstić information content (AvgIpc) is 3.35. The smallest absolute Gasteiger partial charge is 0.307 e. The van der Waals surface area contributed by atoms with Crippen LogP contribution in [0.2, 0.25) is 0 Å². The summed E-state index contributed by atoms with van der Waals surface area (Å²) in [5.41, 5.74) is 0.377. The molecule has 0 radical (unpaired) electrons. The fourth-order valence-corrected chi connectivity index (χ4v) is 3.04. The van der Waals surface area contributed by atoms with E-state index in [1.807, 2.05) is 22.6 Å². The minimum atomic E-state index is -0.487. The number of nitro benzene ring substituents is 1. The van der Waals surface area contributed by atoms with Crippen LogP contribution in [0, 0.1) is 19.6 Å². The summed E-state index contributed by atoms with van der Waals surface area (Å²) in [6.07, 6.45) is 2.32. The molecule has 0 heterocycles. The van der Waals surface area contributed by atoms with Crippen molar-refractivity contribution >= 4 is 40.2 Å². The van der Waals surface area contributed by atoms with Crippen molar-refractivity contribution in [1.82, 2.24) is 4.90 Å². The summed E-state index contributed by atoms with van der Waals surface area (Å²) in [6.45, 7) is 2.95. The Morgan fingerprint density at radius 1 is 1.42 bits per heavy atom. The minimum Gasteiger partial charge on any atom is -0.466 e. The van der Waals surface area contributed by atoms with Gasteiger partial charge < -0.3 is 9.64 Å². The molecule has 0 unspecified atom stereocenters. The fraction of sp³-hybridized carbons (Fsp3) is 0.500. The molecule has 1 aliphatic carbocycles. The lowest BCUT2D eigenvalue weighted by Crippen LogP contribution is -2.35. The van der Waals surface area contributed by atoms with E-state index in [-0.39, 0.29) is 24.0 Å². The normalized spacial score (nSPS) is 13.4. The van der Waals surface area contributed by atoms with Gasteiger partial charge in [-0.2, -0.15) is 0 Å². The number of benzene rings is 1. The third kappa shape index (κ3) is 5.15. The topological polar surface area (TPSA) is 89.8 Å². The van der Waals surface area contributed by atoms with Gasteiger partial charge in [-0.15, -0.1) is 0 Å². The van der Waals surface area contributed by atoms with E-state index in [0.717, 1.165) is 12.8 Å². The first-order valence-electron chi connectivity index (χ1n) is 7.81. The van der Waals surface area contributed by atoms with E-state index in [0.29, 0.717) is 34.7 Å². The molecule has 8 heteroatoms. The van der Waals surface area contributed by atoms with E-state index in [2.05, 4.69) is 0 Å². The van der Waals surface area contributed by atoms with Gasteiger partial charge in [0, 0.05) is 28.8 Å². The van der Waals surface area contributed by atoms with Gasteiger partial charge in [-0.25, -0.2) is 0 Å². The molecule has 7 nitrogen and oxygen atoms in total. The number of hydrogen-bond donors (Lipinski definition) is 0. The number of carbonyl (C=O) groups excluding carboxylic acids is 2. The van der Waals surface area contributed by atoms with Gasteiger partial charge in [-0.1, -0.05) is 0 Å². The van der Waals surface area contributed by atoms with Crippen molar-refractivity contribution in [3.8, 4) is 0 Å². The number of carbonyl (C=O) groups is 2. The molecule has 0 spiro atoms. The van der Waals surface area contributed by atoms with Gasteiger partial charge in [0.1, 0.15) is 0 Å². The SMILES string of the molecule is CCOC(=O)CCN(CC1CC1)C(=O)c1ccc([N+](=O)[O-])cc1I. The maximum Gasteiger partial charge on any atom is 0.307 e. The highest BCUT2D eigenvalue weighted by molar-refractivity contribution is 14.1. The molecule has 0 aliphatic heterocycles. The van der Waals surface area contributed by atoms with Crippen molar-refractivity contribution in [3.63, 3.8) is 0 Å². The minimum absolute atomic E-state index is 0.0452. The number of ether oxygens (including phenoxy) is 1. The van der Waals surface area contributed by atoms with Crippen LogP contribution in [-0.2, 0) is 9.53 Å². The van der Waals surface area contributed by atoms with Crippen molar-refractivity contribution in [1.29, 1.82) is 0 Å². The summed E-state index contributed by atoms with van der Waals surface area (Å²) < 4.78 is 5.44. The van der Waals surface area contributed by atoms with Crippen LogP contribution in [0.4, 0.5) is 5.69 Å². The van der Waals surface area contributed by atoms with Crippen LogP contribution in [0.25, 0.3) is 0 Å². The van der Waals surface area contributed by atoms with Crippen LogP contribution >= 0.6 is 22.6 Å². The van der Waals surface area contributed by atoms with Crippen LogP contribution < -0.4 is 0 Å². The standard InChI is InChI=1S/C16H19IN2O5/c1-2-24-15(20)7-8-18(10-11-3-4-11)16(21)13-6-5-12(19(22)23)9-14(13)17/h5-6,9,11H,2-4,7-8,10H2,1H3. The number of non-ortho nitro benzene ring substituents is 1. The van der Waals surface area contributed by atoms with Crippen molar-refractivity contribution < 1.29 is 19.2 Å². The Morgan fingerprint density at radius 2 is 2.12 bits per heavy atom. The Labute approximate surface area is 153 Å². The summed E-state index contributed by atoms with van der Waals surface area (Å²) >= 11 is 1.93. The van der Waals surface area contributed by atoms with Gasteiger partial charge >= 0.3 is 5.97 Å². The number of esters is 1. The molecule has 24 heavy (non-hydrogen) atoms. The Balaban J connectivity index is 2.11. The number of rotatable bonds is 8. The quantitative estimate of drug-likeness (QED) is 0.265. The molecule has 0 atom stereocenters. The maximum atomic E-state index is 12.8. The second-order valence-corrected chi connectivity index (χ2v) is 6.83. The summed E-state index contributed by atoms with van der Waals surface area (Å²) in [6, 6.07) is 4.19. The van der Waals surface area contributed by atoms with E-state index in [4.69, 9.17) is 4.74 Å².